The molecule has 2 N–H and O–H groups in total. The smallest absolute Gasteiger partial charge is 0.379 e. The second kappa shape index (κ2) is 8.91. The third kappa shape index (κ3) is 5.21. The van der Waals surface area contributed by atoms with Crippen LogP contribution in [0.25, 0.3) is 10.8 Å². The Balaban J connectivity index is 1.77. The molecule has 0 fully saturated rings. The number of carbonyl (C=O) groups is 1. The summed E-state index contributed by atoms with van der Waals surface area (Å²) in [5.41, 5.74) is -3.71. The maximum absolute atomic E-state index is 13.1. The highest BCUT2D eigenvalue weighted by molar-refractivity contribution is 9.10. The molecule has 31 heavy (non-hydrogen) atoms. The van der Waals surface area contributed by atoms with Crippen molar-refractivity contribution in [1.82, 2.24) is 0 Å². The lowest BCUT2D eigenvalue weighted by Gasteiger charge is -2.23. The monoisotopic (exact) mass is 508 g/mol. The van der Waals surface area contributed by atoms with Gasteiger partial charge in [0.25, 0.3) is 5.91 Å². The number of anilines is 1. The Kier molecular flexibility index (Phi) is 6.65. The number of rotatable bonds is 5. The molecule has 0 saturated heterocycles. The minimum atomic E-state index is -4.74. The Morgan fingerprint density at radius 1 is 1.16 bits per heavy atom. The highest BCUT2D eigenvalue weighted by atomic mass is 79.9. The molecular weight excluding hydrogens is 493 g/mol. The first kappa shape index (κ1) is 23.1. The quantitative estimate of drug-likeness (QED) is 0.416. The molecular formula is C22H16BrF3N2O2S. The molecule has 0 radical (unpaired) electrons. The molecule has 0 aromatic heterocycles. The van der Waals surface area contributed by atoms with Crippen LogP contribution in [-0.2, 0) is 11.0 Å². The molecule has 3 aromatic rings. The predicted molar refractivity (Wildman–Crippen MR) is 118 cm³/mol. The highest BCUT2D eigenvalue weighted by Gasteiger charge is 2.35. The molecule has 0 aliphatic carbocycles. The zero-order valence-electron chi connectivity index (χ0n) is 16.1. The molecule has 0 spiro atoms. The van der Waals surface area contributed by atoms with Gasteiger partial charge in [-0.2, -0.15) is 18.4 Å². The predicted octanol–water partition coefficient (Wildman–Crippen LogP) is 5.97. The van der Waals surface area contributed by atoms with Crippen molar-refractivity contribution in [3.8, 4) is 6.07 Å². The van der Waals surface area contributed by atoms with E-state index in [1.807, 2.05) is 36.4 Å². The topological polar surface area (TPSA) is 73.1 Å². The number of aliphatic hydroxyl groups is 1. The van der Waals surface area contributed by atoms with Crippen LogP contribution in [-0.4, -0.2) is 22.4 Å². The number of halogens is 4. The van der Waals surface area contributed by atoms with Crippen molar-refractivity contribution >= 4 is 50.1 Å². The molecule has 160 valence electrons. The fraction of sp³-hybridized carbons (Fsp3) is 0.182. The van der Waals surface area contributed by atoms with Crippen molar-refractivity contribution in [2.45, 2.75) is 23.6 Å². The number of fused-ring (bicyclic) bond motifs is 1. The zero-order valence-corrected chi connectivity index (χ0v) is 18.5. The van der Waals surface area contributed by atoms with Crippen LogP contribution in [0.4, 0.5) is 18.9 Å². The molecule has 0 saturated carbocycles. The normalized spacial score (nSPS) is 13.5. The van der Waals surface area contributed by atoms with Gasteiger partial charge in [0.2, 0.25) is 0 Å². The number of carbonyl (C=O) groups excluding carboxylic acids is 1. The van der Waals surface area contributed by atoms with Gasteiger partial charge in [-0.05, 0) is 48.0 Å². The summed E-state index contributed by atoms with van der Waals surface area (Å²) >= 11 is 4.75. The Labute approximate surface area is 189 Å². The summed E-state index contributed by atoms with van der Waals surface area (Å²) in [6, 6.07) is 15.7. The van der Waals surface area contributed by atoms with Gasteiger partial charge < -0.3 is 10.4 Å². The Morgan fingerprint density at radius 3 is 2.48 bits per heavy atom. The first-order valence-corrected chi connectivity index (χ1v) is 10.8. The summed E-state index contributed by atoms with van der Waals surface area (Å²) in [4.78, 5) is 13.4. The van der Waals surface area contributed by atoms with Gasteiger partial charge in [0.15, 0.2) is 0 Å². The number of benzene rings is 3. The van der Waals surface area contributed by atoms with Crippen molar-refractivity contribution < 1.29 is 23.1 Å². The fourth-order valence-electron chi connectivity index (χ4n) is 2.86. The maximum atomic E-state index is 13.1. The summed E-state index contributed by atoms with van der Waals surface area (Å²) in [6.45, 7) is 1.30. The molecule has 1 amide bonds. The van der Waals surface area contributed by atoms with E-state index in [-0.39, 0.29) is 11.4 Å². The van der Waals surface area contributed by atoms with Gasteiger partial charge >= 0.3 is 6.18 Å². The van der Waals surface area contributed by atoms with Crippen LogP contribution >= 0.6 is 27.7 Å². The van der Waals surface area contributed by atoms with E-state index >= 15 is 0 Å². The van der Waals surface area contributed by atoms with Crippen molar-refractivity contribution in [2.75, 3.05) is 11.1 Å². The lowest BCUT2D eigenvalue weighted by atomic mass is 10.1. The van der Waals surface area contributed by atoms with Crippen LogP contribution in [0, 0.1) is 11.3 Å². The van der Waals surface area contributed by atoms with E-state index in [2.05, 4.69) is 21.2 Å². The van der Waals surface area contributed by atoms with E-state index in [1.54, 1.807) is 0 Å². The lowest BCUT2D eigenvalue weighted by molar-refractivity contribution is -0.137. The van der Waals surface area contributed by atoms with E-state index in [0.717, 1.165) is 26.2 Å². The van der Waals surface area contributed by atoms with Crippen molar-refractivity contribution in [1.29, 1.82) is 5.26 Å². The van der Waals surface area contributed by atoms with Crippen LogP contribution < -0.4 is 5.32 Å². The van der Waals surface area contributed by atoms with Crippen LogP contribution in [0.2, 0.25) is 0 Å². The number of amides is 1. The second-order valence-electron chi connectivity index (χ2n) is 6.98. The number of nitriles is 1. The molecule has 3 rings (SSSR count). The average molecular weight is 509 g/mol. The van der Waals surface area contributed by atoms with E-state index in [0.29, 0.717) is 6.07 Å². The van der Waals surface area contributed by atoms with Gasteiger partial charge in [0, 0.05) is 20.8 Å². The first-order valence-electron chi connectivity index (χ1n) is 8.98. The molecule has 0 aliphatic heterocycles. The number of nitrogens with one attached hydrogen (secondary N) is 1. The molecule has 1 unspecified atom stereocenters. The van der Waals surface area contributed by atoms with E-state index < -0.39 is 28.8 Å². The lowest BCUT2D eigenvalue weighted by Crippen LogP contribution is -2.42. The Morgan fingerprint density at radius 2 is 1.84 bits per heavy atom. The summed E-state index contributed by atoms with van der Waals surface area (Å²) in [7, 11) is 0. The maximum Gasteiger partial charge on any atom is 0.417 e. The minimum absolute atomic E-state index is 0.0210. The number of hydrogen-bond acceptors (Lipinski definition) is 4. The highest BCUT2D eigenvalue weighted by Crippen LogP contribution is 2.35. The molecule has 4 nitrogen and oxygen atoms in total. The summed E-state index contributed by atoms with van der Waals surface area (Å²) in [5, 5.41) is 23.8. The minimum Gasteiger partial charge on any atom is -0.379 e. The Hall–Kier alpha value is -2.54. The van der Waals surface area contributed by atoms with Gasteiger partial charge in [-0.25, -0.2) is 0 Å². The van der Waals surface area contributed by atoms with Gasteiger partial charge in [0.1, 0.15) is 5.60 Å². The number of alkyl halides is 3. The molecule has 0 aliphatic rings. The van der Waals surface area contributed by atoms with Crippen LogP contribution in [0.15, 0.2) is 64.0 Å². The number of thioether (sulfide) groups is 1. The third-order valence-corrected chi connectivity index (χ3v) is 6.60. The van der Waals surface area contributed by atoms with Crippen LogP contribution in [0.1, 0.15) is 18.1 Å². The van der Waals surface area contributed by atoms with Crippen LogP contribution in [0.5, 0.6) is 0 Å². The van der Waals surface area contributed by atoms with Gasteiger partial charge in [-0.15, -0.1) is 11.8 Å². The average Bonchev–Trinajstić information content (AvgIpc) is 2.73. The SMILES string of the molecule is CC(O)(CSc1ccc(Br)c2ccccc12)C(=O)Nc1ccc(C#N)c(C(F)(F)F)c1. The largest absolute Gasteiger partial charge is 0.417 e. The van der Waals surface area contributed by atoms with Crippen molar-refractivity contribution in [3.63, 3.8) is 0 Å². The molecule has 0 heterocycles. The van der Waals surface area contributed by atoms with E-state index in [4.69, 9.17) is 5.26 Å². The van der Waals surface area contributed by atoms with Gasteiger partial charge in [0.05, 0.1) is 17.2 Å². The molecule has 9 heteroatoms. The molecule has 0 bridgehead atoms. The summed E-state index contributed by atoms with van der Waals surface area (Å²) < 4.78 is 40.3. The van der Waals surface area contributed by atoms with Crippen molar-refractivity contribution in [3.05, 3.63) is 70.2 Å². The second-order valence-corrected chi connectivity index (χ2v) is 8.85. The Bertz CT molecular complexity index is 1190. The van der Waals surface area contributed by atoms with Crippen LogP contribution in [0.3, 0.4) is 0 Å². The van der Waals surface area contributed by atoms with E-state index in [9.17, 15) is 23.1 Å². The standard InChI is InChI=1S/C22H16BrF3N2O2S/c1-21(30,12-31-19-9-8-18(23)15-4-2-3-5-16(15)19)20(29)28-14-7-6-13(11-27)17(10-14)22(24,25)26/h2-10,30H,12H2,1H3,(H,28,29). The molecule has 3 aromatic carbocycles. The van der Waals surface area contributed by atoms with E-state index in [1.165, 1.54) is 30.8 Å². The third-order valence-electron chi connectivity index (χ3n) is 4.53. The number of nitrogens with zero attached hydrogens (tertiary/aromatic N) is 1. The molecule has 1 atom stereocenters. The van der Waals surface area contributed by atoms with Gasteiger partial charge in [-0.3, -0.25) is 4.79 Å². The zero-order chi connectivity index (χ0) is 22.8. The first-order chi connectivity index (χ1) is 14.5. The van der Waals surface area contributed by atoms with Crippen molar-refractivity contribution in [2.24, 2.45) is 0 Å². The fourth-order valence-corrected chi connectivity index (χ4v) is 4.41. The summed E-state index contributed by atoms with van der Waals surface area (Å²) in [6.07, 6.45) is -4.74. The van der Waals surface area contributed by atoms with Gasteiger partial charge in [-0.1, -0.05) is 40.2 Å². The number of hydrogen-bond donors (Lipinski definition) is 2. The summed E-state index contributed by atoms with van der Waals surface area (Å²) in [5.74, 6) is -0.869.